The second kappa shape index (κ2) is 12.4. The van der Waals surface area contributed by atoms with Crippen molar-refractivity contribution in [1.29, 1.82) is 5.26 Å². The van der Waals surface area contributed by atoms with Gasteiger partial charge >= 0.3 is 5.97 Å². The Morgan fingerprint density at radius 2 is 1.83 bits per heavy atom. The second-order valence-electron chi connectivity index (χ2n) is 7.80. The Morgan fingerprint density at radius 3 is 2.46 bits per heavy atom. The summed E-state index contributed by atoms with van der Waals surface area (Å²) < 4.78 is 16.2. The standard InChI is InChI=1S/C27H25ClN2O5/c1-18-13-24(14-19(2)26(18)28)34-12-4-6-25(31)35-22-9-7-20(8-10-22)15-21(16-29)27(32)30-17-23-5-3-11-33-23/h3,5,7-11,13-15H,4,6,12,17H2,1-2H3,(H,30,32)/b21-15+. The molecule has 0 radical (unpaired) electrons. The predicted octanol–water partition coefficient (Wildman–Crippen LogP) is 5.54. The summed E-state index contributed by atoms with van der Waals surface area (Å²) in [5.74, 6) is 0.787. The van der Waals surface area contributed by atoms with E-state index >= 15 is 0 Å². The van der Waals surface area contributed by atoms with Crippen LogP contribution in [-0.2, 0) is 16.1 Å². The molecular weight excluding hydrogens is 468 g/mol. The molecule has 3 rings (SSSR count). The van der Waals surface area contributed by atoms with Crippen LogP contribution in [0.4, 0.5) is 0 Å². The number of nitriles is 1. The van der Waals surface area contributed by atoms with Crippen molar-refractivity contribution in [3.63, 3.8) is 0 Å². The molecule has 0 aliphatic carbocycles. The number of benzene rings is 2. The van der Waals surface area contributed by atoms with Gasteiger partial charge in [0.2, 0.25) is 0 Å². The number of nitrogens with one attached hydrogen (secondary N) is 1. The van der Waals surface area contributed by atoms with Crippen LogP contribution in [-0.4, -0.2) is 18.5 Å². The fourth-order valence-corrected chi connectivity index (χ4v) is 3.31. The minimum Gasteiger partial charge on any atom is -0.494 e. The number of hydrogen-bond acceptors (Lipinski definition) is 6. The Morgan fingerprint density at radius 1 is 1.11 bits per heavy atom. The highest BCUT2D eigenvalue weighted by Gasteiger charge is 2.10. The molecule has 0 saturated heterocycles. The van der Waals surface area contributed by atoms with Crippen molar-refractivity contribution in [2.75, 3.05) is 6.61 Å². The predicted molar refractivity (Wildman–Crippen MR) is 132 cm³/mol. The number of rotatable bonds is 10. The number of amides is 1. The van der Waals surface area contributed by atoms with Gasteiger partial charge in [-0.2, -0.15) is 5.26 Å². The quantitative estimate of drug-likeness (QED) is 0.131. The molecule has 180 valence electrons. The highest BCUT2D eigenvalue weighted by atomic mass is 35.5. The smallest absolute Gasteiger partial charge is 0.311 e. The zero-order valence-corrected chi connectivity index (χ0v) is 20.2. The van der Waals surface area contributed by atoms with E-state index in [1.807, 2.05) is 32.0 Å². The Kier molecular flexibility index (Phi) is 9.10. The van der Waals surface area contributed by atoms with Crippen LogP contribution in [0, 0.1) is 25.2 Å². The number of hydrogen-bond donors (Lipinski definition) is 1. The van der Waals surface area contributed by atoms with Gasteiger partial charge in [-0.1, -0.05) is 23.7 Å². The fraction of sp³-hybridized carbons (Fsp3) is 0.222. The monoisotopic (exact) mass is 492 g/mol. The SMILES string of the molecule is Cc1cc(OCCCC(=O)Oc2ccc(/C=C(\C#N)C(=O)NCc3ccco3)cc2)cc(C)c1Cl. The number of esters is 1. The lowest BCUT2D eigenvalue weighted by atomic mass is 10.1. The summed E-state index contributed by atoms with van der Waals surface area (Å²) in [6.07, 6.45) is 3.66. The molecule has 8 heteroatoms. The molecule has 1 aromatic heterocycles. The summed E-state index contributed by atoms with van der Waals surface area (Å²) in [5.41, 5.74) is 2.45. The molecule has 0 bridgehead atoms. The summed E-state index contributed by atoms with van der Waals surface area (Å²) in [7, 11) is 0. The molecule has 2 aromatic carbocycles. The molecule has 0 fully saturated rings. The third kappa shape index (κ3) is 7.76. The van der Waals surface area contributed by atoms with Crippen molar-refractivity contribution >= 4 is 29.6 Å². The van der Waals surface area contributed by atoms with Crippen molar-refractivity contribution in [2.45, 2.75) is 33.2 Å². The molecular formula is C27H25ClN2O5. The first-order valence-corrected chi connectivity index (χ1v) is 11.4. The molecule has 3 aromatic rings. The third-order valence-electron chi connectivity index (χ3n) is 5.00. The van der Waals surface area contributed by atoms with Gasteiger partial charge in [-0.15, -0.1) is 0 Å². The summed E-state index contributed by atoms with van der Waals surface area (Å²) in [6.45, 7) is 4.39. The van der Waals surface area contributed by atoms with E-state index < -0.39 is 5.91 Å². The van der Waals surface area contributed by atoms with Crippen molar-refractivity contribution < 1.29 is 23.5 Å². The van der Waals surface area contributed by atoms with Gasteiger partial charge in [0.05, 0.1) is 19.4 Å². The van der Waals surface area contributed by atoms with Gasteiger partial charge < -0.3 is 19.2 Å². The van der Waals surface area contributed by atoms with Gasteiger partial charge in [-0.25, -0.2) is 0 Å². The molecule has 1 amide bonds. The molecule has 0 aliphatic rings. The molecule has 7 nitrogen and oxygen atoms in total. The highest BCUT2D eigenvalue weighted by molar-refractivity contribution is 6.32. The summed E-state index contributed by atoms with van der Waals surface area (Å²) in [4.78, 5) is 24.4. The average Bonchev–Trinajstić information content (AvgIpc) is 3.37. The maximum atomic E-state index is 12.2. The topological polar surface area (TPSA) is 102 Å². The first-order valence-electron chi connectivity index (χ1n) is 11.0. The van der Waals surface area contributed by atoms with Crippen LogP contribution in [0.2, 0.25) is 5.02 Å². The Bertz CT molecular complexity index is 1220. The van der Waals surface area contributed by atoms with E-state index in [4.69, 9.17) is 25.5 Å². The zero-order valence-electron chi connectivity index (χ0n) is 19.5. The van der Waals surface area contributed by atoms with E-state index in [1.165, 1.54) is 12.3 Å². The largest absolute Gasteiger partial charge is 0.494 e. The van der Waals surface area contributed by atoms with Gasteiger partial charge in [0.25, 0.3) is 5.91 Å². The van der Waals surface area contributed by atoms with Crippen LogP contribution in [0.5, 0.6) is 11.5 Å². The van der Waals surface area contributed by atoms with Crippen LogP contribution >= 0.6 is 11.6 Å². The summed E-state index contributed by atoms with van der Waals surface area (Å²) in [5, 5.41) is 12.7. The number of ether oxygens (including phenoxy) is 2. The molecule has 35 heavy (non-hydrogen) atoms. The number of carbonyl (C=O) groups excluding carboxylic acids is 2. The van der Waals surface area contributed by atoms with E-state index in [1.54, 1.807) is 36.4 Å². The summed E-state index contributed by atoms with van der Waals surface area (Å²) >= 11 is 6.16. The van der Waals surface area contributed by atoms with Crippen LogP contribution in [0.15, 0.2) is 64.8 Å². The number of halogens is 1. The maximum Gasteiger partial charge on any atom is 0.311 e. The fourth-order valence-electron chi connectivity index (χ4n) is 3.20. The number of nitrogens with zero attached hydrogens (tertiary/aromatic N) is 1. The molecule has 1 N–H and O–H groups in total. The zero-order chi connectivity index (χ0) is 25.2. The van der Waals surface area contributed by atoms with Gasteiger partial charge in [0.1, 0.15) is 28.9 Å². The van der Waals surface area contributed by atoms with Crippen LogP contribution in [0.1, 0.15) is 35.3 Å². The van der Waals surface area contributed by atoms with Crippen LogP contribution < -0.4 is 14.8 Å². The number of carbonyl (C=O) groups is 2. The van der Waals surface area contributed by atoms with Crippen LogP contribution in [0.3, 0.4) is 0 Å². The average molecular weight is 493 g/mol. The lowest BCUT2D eigenvalue weighted by Gasteiger charge is -2.10. The van der Waals surface area contributed by atoms with Crippen molar-refractivity contribution in [1.82, 2.24) is 5.32 Å². The lowest BCUT2D eigenvalue weighted by molar-refractivity contribution is -0.134. The molecule has 0 aliphatic heterocycles. The van der Waals surface area contributed by atoms with E-state index in [0.29, 0.717) is 35.9 Å². The van der Waals surface area contributed by atoms with Gasteiger partial charge in [0, 0.05) is 11.4 Å². The lowest BCUT2D eigenvalue weighted by Crippen LogP contribution is -2.23. The molecule has 0 atom stereocenters. The highest BCUT2D eigenvalue weighted by Crippen LogP contribution is 2.26. The minimum atomic E-state index is -0.509. The molecule has 0 spiro atoms. The Hall–Kier alpha value is -4.02. The number of aryl methyl sites for hydroxylation is 2. The Labute approximate surface area is 208 Å². The minimum absolute atomic E-state index is 0.0487. The van der Waals surface area contributed by atoms with Gasteiger partial charge in [-0.3, -0.25) is 9.59 Å². The Balaban J connectivity index is 1.45. The van der Waals surface area contributed by atoms with E-state index in [-0.39, 0.29) is 24.5 Å². The van der Waals surface area contributed by atoms with Crippen LogP contribution in [0.25, 0.3) is 6.08 Å². The molecule has 0 saturated carbocycles. The molecule has 0 unspecified atom stereocenters. The normalized spacial score (nSPS) is 11.0. The molecule has 1 heterocycles. The van der Waals surface area contributed by atoms with E-state index in [9.17, 15) is 14.9 Å². The van der Waals surface area contributed by atoms with Crippen molar-refractivity contribution in [3.05, 3.63) is 87.8 Å². The number of furan rings is 1. The van der Waals surface area contributed by atoms with Gasteiger partial charge in [0.15, 0.2) is 0 Å². The summed E-state index contributed by atoms with van der Waals surface area (Å²) in [6, 6.07) is 15.6. The van der Waals surface area contributed by atoms with Crippen molar-refractivity contribution in [2.24, 2.45) is 0 Å². The van der Waals surface area contributed by atoms with E-state index in [2.05, 4.69) is 5.32 Å². The maximum absolute atomic E-state index is 12.2. The van der Waals surface area contributed by atoms with E-state index in [0.717, 1.165) is 16.1 Å². The first-order chi connectivity index (χ1) is 16.9. The second-order valence-corrected chi connectivity index (χ2v) is 8.18. The first kappa shape index (κ1) is 25.6. The van der Waals surface area contributed by atoms with Crippen molar-refractivity contribution in [3.8, 4) is 17.6 Å². The van der Waals surface area contributed by atoms with Gasteiger partial charge in [-0.05, 0) is 79.4 Å². The third-order valence-corrected chi connectivity index (χ3v) is 5.59.